The Balaban J connectivity index is 1.59. The number of guanidine groups is 1. The van der Waals surface area contributed by atoms with E-state index in [2.05, 4.69) is 43.3 Å². The highest BCUT2D eigenvalue weighted by molar-refractivity contribution is 5.79. The minimum Gasteiger partial charge on any atom is -0.375 e. The molecule has 1 atom stereocenters. The number of nitrogens with one attached hydrogen (secondary N) is 1. The maximum atomic E-state index is 5.62. The first-order valence-electron chi connectivity index (χ1n) is 9.13. The number of aliphatic imine (C=N–C) groups is 1. The summed E-state index contributed by atoms with van der Waals surface area (Å²) in [4.78, 5) is 17.4. The van der Waals surface area contributed by atoms with Gasteiger partial charge in [-0.2, -0.15) is 5.10 Å². The van der Waals surface area contributed by atoms with E-state index in [1.54, 1.807) is 18.1 Å². The SMILES string of the molecule is CN=C(NCc1ccnc(N2CCOC(C)C2)c1)N(C)Cc1ncnn1C. The van der Waals surface area contributed by atoms with Crippen LogP contribution in [0, 0.1) is 0 Å². The normalized spacial score (nSPS) is 17.9. The number of aryl methyl sites for hydroxylation is 1. The van der Waals surface area contributed by atoms with Gasteiger partial charge >= 0.3 is 0 Å². The van der Waals surface area contributed by atoms with Gasteiger partial charge in [0.1, 0.15) is 18.0 Å². The van der Waals surface area contributed by atoms with Gasteiger partial charge in [-0.25, -0.2) is 9.97 Å². The molecule has 1 aliphatic heterocycles. The van der Waals surface area contributed by atoms with Crippen molar-refractivity contribution in [3.05, 3.63) is 36.0 Å². The lowest BCUT2D eigenvalue weighted by molar-refractivity contribution is 0.0529. The number of aromatic nitrogens is 4. The van der Waals surface area contributed by atoms with Crippen LogP contribution in [0.5, 0.6) is 0 Å². The molecule has 1 N–H and O–H groups in total. The highest BCUT2D eigenvalue weighted by Crippen LogP contribution is 2.16. The Morgan fingerprint density at radius 2 is 2.30 bits per heavy atom. The van der Waals surface area contributed by atoms with Gasteiger partial charge in [0.05, 0.1) is 19.3 Å². The molecule has 3 heterocycles. The zero-order valence-corrected chi connectivity index (χ0v) is 16.5. The van der Waals surface area contributed by atoms with Crippen molar-refractivity contribution in [1.82, 2.24) is 30.0 Å². The summed E-state index contributed by atoms with van der Waals surface area (Å²) in [6.45, 7) is 5.87. The van der Waals surface area contributed by atoms with Gasteiger partial charge in [-0.3, -0.25) is 9.67 Å². The zero-order valence-electron chi connectivity index (χ0n) is 16.5. The van der Waals surface area contributed by atoms with Crippen LogP contribution in [-0.4, -0.2) is 70.5 Å². The molecule has 0 aromatic carbocycles. The van der Waals surface area contributed by atoms with Crippen molar-refractivity contribution >= 4 is 11.8 Å². The molecule has 0 spiro atoms. The van der Waals surface area contributed by atoms with E-state index < -0.39 is 0 Å². The average molecular weight is 372 g/mol. The van der Waals surface area contributed by atoms with Crippen LogP contribution in [0.1, 0.15) is 18.3 Å². The molecule has 27 heavy (non-hydrogen) atoms. The second kappa shape index (κ2) is 8.81. The summed E-state index contributed by atoms with van der Waals surface area (Å²) in [7, 11) is 5.65. The average Bonchev–Trinajstić information content (AvgIpc) is 3.07. The van der Waals surface area contributed by atoms with Gasteiger partial charge in [0, 0.05) is 47.0 Å². The molecular weight excluding hydrogens is 344 g/mol. The predicted molar refractivity (Wildman–Crippen MR) is 105 cm³/mol. The number of rotatable bonds is 5. The van der Waals surface area contributed by atoms with E-state index in [0.717, 1.165) is 42.9 Å². The lowest BCUT2D eigenvalue weighted by atomic mass is 10.2. The molecule has 1 aliphatic rings. The zero-order chi connectivity index (χ0) is 19.2. The van der Waals surface area contributed by atoms with Crippen LogP contribution in [0.25, 0.3) is 0 Å². The molecule has 2 aromatic heterocycles. The number of anilines is 1. The number of pyridine rings is 1. The molecule has 0 saturated carbocycles. The van der Waals surface area contributed by atoms with Crippen LogP contribution < -0.4 is 10.2 Å². The minimum absolute atomic E-state index is 0.232. The van der Waals surface area contributed by atoms with Crippen molar-refractivity contribution in [2.24, 2.45) is 12.0 Å². The summed E-state index contributed by atoms with van der Waals surface area (Å²) in [6, 6.07) is 4.15. The Bertz CT molecular complexity index is 774. The number of ether oxygens (including phenoxy) is 1. The maximum absolute atomic E-state index is 5.62. The van der Waals surface area contributed by atoms with Gasteiger partial charge in [0.15, 0.2) is 5.96 Å². The van der Waals surface area contributed by atoms with Gasteiger partial charge in [-0.1, -0.05) is 0 Å². The quantitative estimate of drug-likeness (QED) is 0.609. The van der Waals surface area contributed by atoms with Gasteiger partial charge in [-0.05, 0) is 24.6 Å². The third-order valence-corrected chi connectivity index (χ3v) is 4.58. The van der Waals surface area contributed by atoms with Crippen LogP contribution in [0.15, 0.2) is 29.6 Å². The van der Waals surface area contributed by atoms with Crippen molar-refractivity contribution in [1.29, 1.82) is 0 Å². The summed E-state index contributed by atoms with van der Waals surface area (Å²) in [5, 5.41) is 7.51. The summed E-state index contributed by atoms with van der Waals surface area (Å²) < 4.78 is 7.38. The van der Waals surface area contributed by atoms with Crippen molar-refractivity contribution in [3.63, 3.8) is 0 Å². The number of morpholine rings is 1. The van der Waals surface area contributed by atoms with Crippen LogP contribution in [0.2, 0.25) is 0 Å². The fourth-order valence-corrected chi connectivity index (χ4v) is 3.09. The third kappa shape index (κ3) is 4.94. The number of hydrogen-bond acceptors (Lipinski definition) is 6. The Kier molecular flexibility index (Phi) is 6.23. The summed E-state index contributed by atoms with van der Waals surface area (Å²) in [5.74, 6) is 2.68. The molecule has 9 nitrogen and oxygen atoms in total. The number of nitrogens with zero attached hydrogens (tertiary/aromatic N) is 7. The molecule has 9 heteroatoms. The first kappa shape index (κ1) is 19.1. The molecular formula is C18H28N8O. The van der Waals surface area contributed by atoms with Crippen molar-refractivity contribution in [3.8, 4) is 0 Å². The molecule has 0 amide bonds. The number of hydrogen-bond donors (Lipinski definition) is 1. The van der Waals surface area contributed by atoms with E-state index >= 15 is 0 Å². The maximum Gasteiger partial charge on any atom is 0.194 e. The standard InChI is InChI=1S/C18H28N8O/c1-14-11-26(7-8-27-14)16-9-15(5-6-20-16)10-21-18(19-2)24(3)12-17-22-13-23-25(17)4/h5-6,9,13-14H,7-8,10-12H2,1-4H3,(H,19,21). The second-order valence-corrected chi connectivity index (χ2v) is 6.71. The summed E-state index contributed by atoms with van der Waals surface area (Å²) in [6.07, 6.45) is 3.65. The first-order valence-corrected chi connectivity index (χ1v) is 9.13. The van der Waals surface area contributed by atoms with Gasteiger partial charge < -0.3 is 19.9 Å². The molecule has 2 aromatic rings. The van der Waals surface area contributed by atoms with Gasteiger partial charge in [0.25, 0.3) is 0 Å². The van der Waals surface area contributed by atoms with Crippen molar-refractivity contribution < 1.29 is 4.74 Å². The van der Waals surface area contributed by atoms with E-state index in [0.29, 0.717) is 13.1 Å². The van der Waals surface area contributed by atoms with E-state index in [9.17, 15) is 0 Å². The van der Waals surface area contributed by atoms with E-state index in [1.165, 1.54) is 0 Å². The first-order chi connectivity index (χ1) is 13.1. The van der Waals surface area contributed by atoms with Gasteiger partial charge in [-0.15, -0.1) is 0 Å². The van der Waals surface area contributed by atoms with Crippen LogP contribution in [0.4, 0.5) is 5.82 Å². The highest BCUT2D eigenvalue weighted by Gasteiger charge is 2.18. The Morgan fingerprint density at radius 3 is 3.00 bits per heavy atom. The molecule has 0 radical (unpaired) electrons. The molecule has 146 valence electrons. The smallest absolute Gasteiger partial charge is 0.194 e. The fourth-order valence-electron chi connectivity index (χ4n) is 3.09. The lowest BCUT2D eigenvalue weighted by Crippen LogP contribution is -2.41. The molecule has 1 saturated heterocycles. The van der Waals surface area contributed by atoms with Crippen LogP contribution >= 0.6 is 0 Å². The van der Waals surface area contributed by atoms with E-state index in [-0.39, 0.29) is 6.10 Å². The Labute approximate surface area is 160 Å². The van der Waals surface area contributed by atoms with Crippen molar-refractivity contribution in [2.45, 2.75) is 26.1 Å². The van der Waals surface area contributed by atoms with E-state index in [4.69, 9.17) is 4.74 Å². The van der Waals surface area contributed by atoms with Crippen LogP contribution in [0.3, 0.4) is 0 Å². The topological polar surface area (TPSA) is 83.7 Å². The lowest BCUT2D eigenvalue weighted by Gasteiger charge is -2.32. The third-order valence-electron chi connectivity index (χ3n) is 4.58. The molecule has 0 bridgehead atoms. The molecule has 0 aliphatic carbocycles. The van der Waals surface area contributed by atoms with E-state index in [1.807, 2.05) is 31.3 Å². The highest BCUT2D eigenvalue weighted by atomic mass is 16.5. The largest absolute Gasteiger partial charge is 0.375 e. The molecule has 1 unspecified atom stereocenters. The van der Waals surface area contributed by atoms with Crippen molar-refractivity contribution in [2.75, 3.05) is 38.7 Å². The molecule has 1 fully saturated rings. The predicted octanol–water partition coefficient (Wildman–Crippen LogP) is 0.643. The fraction of sp³-hybridized carbons (Fsp3) is 0.556. The van der Waals surface area contributed by atoms with Gasteiger partial charge in [0.2, 0.25) is 0 Å². The monoisotopic (exact) mass is 372 g/mol. The summed E-state index contributed by atoms with van der Waals surface area (Å²) >= 11 is 0. The molecule has 3 rings (SSSR count). The minimum atomic E-state index is 0.232. The Morgan fingerprint density at radius 1 is 1.44 bits per heavy atom. The second-order valence-electron chi connectivity index (χ2n) is 6.71. The van der Waals surface area contributed by atoms with Crippen LogP contribution in [-0.2, 0) is 24.9 Å². The Hall–Kier alpha value is -2.68. The summed E-state index contributed by atoms with van der Waals surface area (Å²) in [5.41, 5.74) is 1.16.